The Bertz CT molecular complexity index is 316. The molecule has 1 atom stereocenters. The maximum Gasteiger partial charge on any atom is 0.0178 e. The Kier molecular flexibility index (Phi) is 3.24. The molecule has 0 bridgehead atoms. The van der Waals surface area contributed by atoms with Gasteiger partial charge in [0.2, 0.25) is 0 Å². The summed E-state index contributed by atoms with van der Waals surface area (Å²) in [7, 11) is 0. The Balaban J connectivity index is 2.08. The van der Waals surface area contributed by atoms with Gasteiger partial charge >= 0.3 is 0 Å². The SMILES string of the molecule is Cc1cc(Br)ccc1CC1CCCN1. The maximum atomic E-state index is 3.54. The van der Waals surface area contributed by atoms with Crippen LogP contribution in [0.15, 0.2) is 22.7 Å². The van der Waals surface area contributed by atoms with Crippen LogP contribution >= 0.6 is 15.9 Å². The number of halogens is 1. The van der Waals surface area contributed by atoms with Crippen molar-refractivity contribution in [3.63, 3.8) is 0 Å². The van der Waals surface area contributed by atoms with E-state index in [0.29, 0.717) is 6.04 Å². The summed E-state index contributed by atoms with van der Waals surface area (Å²) in [4.78, 5) is 0. The highest BCUT2D eigenvalue weighted by molar-refractivity contribution is 9.10. The van der Waals surface area contributed by atoms with Crippen LogP contribution in [0.3, 0.4) is 0 Å². The summed E-state index contributed by atoms with van der Waals surface area (Å²) in [6.45, 7) is 3.38. The van der Waals surface area contributed by atoms with Crippen molar-refractivity contribution in [2.24, 2.45) is 0 Å². The molecule has 2 rings (SSSR count). The van der Waals surface area contributed by atoms with E-state index in [1.807, 2.05) is 0 Å². The summed E-state index contributed by atoms with van der Waals surface area (Å²) in [5.74, 6) is 0. The zero-order valence-electron chi connectivity index (χ0n) is 8.52. The van der Waals surface area contributed by atoms with E-state index in [2.05, 4.69) is 46.4 Å². The van der Waals surface area contributed by atoms with Crippen LogP contribution in [0, 0.1) is 6.92 Å². The molecule has 0 spiro atoms. The van der Waals surface area contributed by atoms with Gasteiger partial charge in [0.05, 0.1) is 0 Å². The second-order valence-electron chi connectivity index (χ2n) is 4.07. The van der Waals surface area contributed by atoms with Crippen LogP contribution in [0.4, 0.5) is 0 Å². The molecule has 1 aromatic rings. The number of hydrogen-bond acceptors (Lipinski definition) is 1. The molecule has 1 unspecified atom stereocenters. The van der Waals surface area contributed by atoms with E-state index in [-0.39, 0.29) is 0 Å². The molecule has 76 valence electrons. The minimum absolute atomic E-state index is 0.704. The predicted octanol–water partition coefficient (Wildman–Crippen LogP) is 3.05. The second kappa shape index (κ2) is 4.45. The lowest BCUT2D eigenvalue weighted by Gasteiger charge is -2.12. The standard InChI is InChI=1S/C12H16BrN/c1-9-7-11(13)5-4-10(9)8-12-3-2-6-14-12/h4-5,7,12,14H,2-3,6,8H2,1H3. The van der Waals surface area contributed by atoms with Crippen molar-refractivity contribution in [1.82, 2.24) is 5.32 Å². The predicted molar refractivity (Wildman–Crippen MR) is 63.6 cm³/mol. The fraction of sp³-hybridized carbons (Fsp3) is 0.500. The van der Waals surface area contributed by atoms with Crippen molar-refractivity contribution in [1.29, 1.82) is 0 Å². The number of hydrogen-bond donors (Lipinski definition) is 1. The van der Waals surface area contributed by atoms with Gasteiger partial charge in [0.15, 0.2) is 0 Å². The van der Waals surface area contributed by atoms with Gasteiger partial charge in [0.1, 0.15) is 0 Å². The molecule has 1 fully saturated rings. The molecule has 0 saturated carbocycles. The molecule has 1 saturated heterocycles. The van der Waals surface area contributed by atoms with Crippen molar-refractivity contribution >= 4 is 15.9 Å². The first-order chi connectivity index (χ1) is 6.75. The highest BCUT2D eigenvalue weighted by Gasteiger charge is 2.14. The molecule has 1 aliphatic heterocycles. The van der Waals surface area contributed by atoms with E-state index < -0.39 is 0 Å². The first kappa shape index (κ1) is 10.2. The molecule has 1 nitrogen and oxygen atoms in total. The Hall–Kier alpha value is -0.340. The summed E-state index contributed by atoms with van der Waals surface area (Å²) in [6.07, 6.45) is 3.84. The third kappa shape index (κ3) is 2.37. The van der Waals surface area contributed by atoms with Crippen molar-refractivity contribution in [3.05, 3.63) is 33.8 Å². The van der Waals surface area contributed by atoms with Crippen LogP contribution < -0.4 is 5.32 Å². The molecule has 0 radical (unpaired) electrons. The lowest BCUT2D eigenvalue weighted by Crippen LogP contribution is -2.23. The van der Waals surface area contributed by atoms with E-state index in [0.717, 1.165) is 0 Å². The summed E-state index contributed by atoms with van der Waals surface area (Å²) >= 11 is 3.49. The molecule has 1 aliphatic rings. The average molecular weight is 254 g/mol. The molecular formula is C12H16BrN. The van der Waals surface area contributed by atoms with Crippen LogP contribution in [-0.4, -0.2) is 12.6 Å². The Morgan fingerprint density at radius 2 is 2.36 bits per heavy atom. The van der Waals surface area contributed by atoms with Gasteiger partial charge in [-0.25, -0.2) is 0 Å². The summed E-state index contributed by atoms with van der Waals surface area (Å²) in [5.41, 5.74) is 2.88. The van der Waals surface area contributed by atoms with Crippen LogP contribution in [0.1, 0.15) is 24.0 Å². The third-order valence-corrected chi connectivity index (χ3v) is 3.43. The smallest absolute Gasteiger partial charge is 0.0178 e. The molecule has 14 heavy (non-hydrogen) atoms. The molecule has 0 aromatic heterocycles. The molecular weight excluding hydrogens is 238 g/mol. The molecule has 0 aliphatic carbocycles. The monoisotopic (exact) mass is 253 g/mol. The highest BCUT2D eigenvalue weighted by atomic mass is 79.9. The minimum atomic E-state index is 0.704. The Morgan fingerprint density at radius 1 is 1.50 bits per heavy atom. The number of nitrogens with one attached hydrogen (secondary N) is 1. The van der Waals surface area contributed by atoms with Crippen LogP contribution in [0.5, 0.6) is 0 Å². The van der Waals surface area contributed by atoms with Crippen LogP contribution in [0.2, 0.25) is 0 Å². The fourth-order valence-corrected chi connectivity index (χ4v) is 2.56. The van der Waals surface area contributed by atoms with Crippen molar-refractivity contribution in [2.45, 2.75) is 32.2 Å². The molecule has 1 heterocycles. The lowest BCUT2D eigenvalue weighted by molar-refractivity contribution is 0.601. The van der Waals surface area contributed by atoms with Crippen molar-refractivity contribution < 1.29 is 0 Å². The first-order valence-electron chi connectivity index (χ1n) is 5.24. The van der Waals surface area contributed by atoms with E-state index in [1.165, 1.54) is 41.4 Å². The molecule has 1 aromatic carbocycles. The first-order valence-corrected chi connectivity index (χ1v) is 6.03. The van der Waals surface area contributed by atoms with Crippen molar-refractivity contribution in [3.8, 4) is 0 Å². The van der Waals surface area contributed by atoms with Gasteiger partial charge in [-0.1, -0.05) is 22.0 Å². The van der Waals surface area contributed by atoms with E-state index >= 15 is 0 Å². The summed E-state index contributed by atoms with van der Waals surface area (Å²) in [5, 5.41) is 3.54. The number of rotatable bonds is 2. The van der Waals surface area contributed by atoms with Gasteiger partial charge in [-0.15, -0.1) is 0 Å². The van der Waals surface area contributed by atoms with Gasteiger partial charge in [0.25, 0.3) is 0 Å². The molecule has 2 heteroatoms. The van der Waals surface area contributed by atoms with E-state index in [9.17, 15) is 0 Å². The van der Waals surface area contributed by atoms with Crippen LogP contribution in [0.25, 0.3) is 0 Å². The Labute approximate surface area is 94.0 Å². The van der Waals surface area contributed by atoms with Gasteiger partial charge in [-0.3, -0.25) is 0 Å². The van der Waals surface area contributed by atoms with Crippen molar-refractivity contribution in [2.75, 3.05) is 6.54 Å². The van der Waals surface area contributed by atoms with Gasteiger partial charge in [0, 0.05) is 10.5 Å². The zero-order valence-corrected chi connectivity index (χ0v) is 10.1. The van der Waals surface area contributed by atoms with E-state index in [4.69, 9.17) is 0 Å². The van der Waals surface area contributed by atoms with Gasteiger partial charge < -0.3 is 5.32 Å². The number of benzene rings is 1. The molecule has 1 N–H and O–H groups in total. The lowest BCUT2D eigenvalue weighted by atomic mass is 10.0. The second-order valence-corrected chi connectivity index (χ2v) is 4.98. The summed E-state index contributed by atoms with van der Waals surface area (Å²) in [6, 6.07) is 7.27. The van der Waals surface area contributed by atoms with Gasteiger partial charge in [-0.05, 0) is 56.0 Å². The number of aryl methyl sites for hydroxylation is 1. The summed E-state index contributed by atoms with van der Waals surface area (Å²) < 4.78 is 1.18. The maximum absolute atomic E-state index is 3.54. The van der Waals surface area contributed by atoms with Gasteiger partial charge in [-0.2, -0.15) is 0 Å². The largest absolute Gasteiger partial charge is 0.314 e. The fourth-order valence-electron chi connectivity index (χ4n) is 2.08. The third-order valence-electron chi connectivity index (χ3n) is 2.93. The molecule has 0 amide bonds. The average Bonchev–Trinajstić information content (AvgIpc) is 2.62. The Morgan fingerprint density at radius 3 is 3.00 bits per heavy atom. The minimum Gasteiger partial charge on any atom is -0.314 e. The highest BCUT2D eigenvalue weighted by Crippen LogP contribution is 2.19. The quantitative estimate of drug-likeness (QED) is 0.855. The van der Waals surface area contributed by atoms with E-state index in [1.54, 1.807) is 0 Å². The van der Waals surface area contributed by atoms with Crippen LogP contribution in [-0.2, 0) is 6.42 Å². The zero-order chi connectivity index (χ0) is 9.97. The normalized spacial score (nSPS) is 21.4. The topological polar surface area (TPSA) is 12.0 Å².